The van der Waals surface area contributed by atoms with Crippen molar-refractivity contribution in [2.75, 3.05) is 119 Å². The van der Waals surface area contributed by atoms with Gasteiger partial charge in [0.15, 0.2) is 18.9 Å². The van der Waals surface area contributed by atoms with Crippen LogP contribution in [0.5, 0.6) is 0 Å². The van der Waals surface area contributed by atoms with Gasteiger partial charge in [-0.15, -0.1) is 0 Å². The molecular formula is C68H132N9O28P. The number of rotatable bonds is 53. The Hall–Kier alpha value is -4.81. The van der Waals surface area contributed by atoms with Crippen LogP contribution in [0.1, 0.15) is 170 Å². The predicted octanol–water partition coefficient (Wildman–Crippen LogP) is -2.25. The number of amides is 8. The summed E-state index contributed by atoms with van der Waals surface area (Å²) in [5, 5.41) is 112. The van der Waals surface area contributed by atoms with Crippen LogP contribution in [0.4, 0.5) is 0 Å². The number of hydrogen-bond acceptors (Lipinski definition) is 28. The molecule has 0 aromatic heterocycles. The molecule has 3 heterocycles. The molecule has 0 radical (unpaired) electrons. The van der Waals surface area contributed by atoms with Gasteiger partial charge in [-0.05, 0) is 70.8 Å². The first-order valence-electron chi connectivity index (χ1n) is 36.7. The minimum atomic E-state index is -3.75. The third kappa shape index (κ3) is 42.4. The highest BCUT2D eigenvalue weighted by molar-refractivity contribution is 7.47. The first-order valence-corrected chi connectivity index (χ1v) is 38.2. The molecule has 106 heavy (non-hydrogen) atoms. The lowest BCUT2D eigenvalue weighted by Crippen LogP contribution is -2.55. The number of carbonyl (C=O) groups is 8. The molecule has 0 aliphatic carbocycles. The molecule has 3 fully saturated rings. The van der Waals surface area contributed by atoms with Crippen LogP contribution in [0.2, 0.25) is 0 Å². The van der Waals surface area contributed by atoms with Crippen molar-refractivity contribution in [2.45, 2.75) is 250 Å². The van der Waals surface area contributed by atoms with Gasteiger partial charge in [0.1, 0.15) is 36.6 Å². The molecule has 38 heteroatoms. The summed E-state index contributed by atoms with van der Waals surface area (Å²) in [6.45, 7) is 9.66. The van der Waals surface area contributed by atoms with Crippen LogP contribution in [0.3, 0.4) is 0 Å². The van der Waals surface area contributed by atoms with Gasteiger partial charge >= 0.3 is 7.82 Å². The Morgan fingerprint density at radius 1 is 0.406 bits per heavy atom. The lowest BCUT2D eigenvalue weighted by atomic mass is 9.82. The molecule has 0 spiro atoms. The Morgan fingerprint density at radius 2 is 0.708 bits per heavy atom. The minimum Gasteiger partial charge on any atom is -0.394 e. The zero-order valence-electron chi connectivity index (χ0n) is 62.5. The molecule has 3 aliphatic rings. The Kier molecular flexibility index (Phi) is 56.4. The van der Waals surface area contributed by atoms with E-state index < -0.39 is 148 Å². The maximum atomic E-state index is 13.8. The van der Waals surface area contributed by atoms with E-state index in [0.29, 0.717) is 45.4 Å². The van der Waals surface area contributed by atoms with Crippen molar-refractivity contribution in [3.63, 3.8) is 0 Å². The maximum absolute atomic E-state index is 13.8. The van der Waals surface area contributed by atoms with Crippen molar-refractivity contribution in [1.82, 2.24) is 42.5 Å². The molecule has 7 unspecified atom stereocenters. The van der Waals surface area contributed by atoms with Gasteiger partial charge in [0, 0.05) is 122 Å². The number of hydrogen-bond donors (Lipinski definition) is 19. The summed E-state index contributed by atoms with van der Waals surface area (Å²) >= 11 is 0. The molecule has 0 aromatic rings. The molecule has 3 aliphatic heterocycles. The lowest BCUT2D eigenvalue weighted by molar-refractivity contribution is -0.282. The monoisotopic (exact) mass is 1550 g/mol. The number of aliphatic hydroxyl groups excluding tert-OH is 9. The number of methoxy groups -OCH3 is 1. The first-order chi connectivity index (χ1) is 50.1. The fourth-order valence-electron chi connectivity index (χ4n) is 11.0. The second-order valence-electron chi connectivity index (χ2n) is 25.8. The predicted molar refractivity (Wildman–Crippen MR) is 385 cm³/mol. The van der Waals surface area contributed by atoms with Gasteiger partial charge in [0.2, 0.25) is 47.3 Å². The number of carbonyl (C=O) groups excluding carboxylic acids is 8. The Labute approximate surface area is 624 Å². The summed E-state index contributed by atoms with van der Waals surface area (Å²) in [7, 11) is -1.06. The summed E-state index contributed by atoms with van der Waals surface area (Å²) in [4.78, 5) is 113. The van der Waals surface area contributed by atoms with Crippen molar-refractivity contribution < 1.29 is 136 Å². The second-order valence-corrected chi connectivity index (χ2v) is 27.3. The van der Waals surface area contributed by atoms with E-state index in [2.05, 4.69) is 51.6 Å². The van der Waals surface area contributed by atoms with E-state index in [1.807, 2.05) is 13.8 Å². The fourth-order valence-corrected chi connectivity index (χ4v) is 11.4. The van der Waals surface area contributed by atoms with Crippen LogP contribution in [-0.4, -0.2) is 297 Å². The summed E-state index contributed by atoms with van der Waals surface area (Å²) in [6, 6.07) is 0. The zero-order valence-corrected chi connectivity index (χ0v) is 63.4. The van der Waals surface area contributed by atoms with E-state index >= 15 is 0 Å². The second kappa shape index (κ2) is 59.1. The highest BCUT2D eigenvalue weighted by Crippen LogP contribution is 2.42. The van der Waals surface area contributed by atoms with E-state index in [0.717, 1.165) is 32.8 Å². The zero-order chi connectivity index (χ0) is 78.8. The topological polar surface area (TPSA) is 561 Å². The van der Waals surface area contributed by atoms with E-state index in [9.17, 15) is 88.9 Å². The van der Waals surface area contributed by atoms with Gasteiger partial charge in [-0.2, -0.15) is 0 Å². The largest absolute Gasteiger partial charge is 0.471 e. The standard InChI is InChI=1S/C58H104N8O24.C7H18NO4P.C2H6.CH4/c1-35-49(78)52(81)38(32-67)88-55(35)85-29-15-45(74)62-24-6-21-59-42(71)12-18-58(66-48(77)11-5-10-41(70)65-27-9-28-84-4,19-13-43(72)60-22-7-25-63-46(75)16-30-86-56-36(2)50(79)53(82)39(33-68)89-56)20-14-44(73)61-23-8-26-64-47(76)17-31-87-57-37(3)51(80)54(83)40(34-69)90-57;1-11-13(9,10)12-7-5-3-2-4-6-8;1-2;/h35-40,49-57,67-69,78-83H,5-34H2,1-4H3,(H,59,71)(H,60,72)(H,61,73)(H,62,74)(H,63,75)(H,64,76)(H,65,70)(H,66,77);2-8H2,1H3,(H,9,10);1-2H3;1H4/t35?,36?,37?,38?,39?,40?,49-,50-,51-,52+,53+,54+,55-,56-,57-,58?;;;/m1.../s1. The quantitative estimate of drug-likeness (QED) is 0.0226. The Balaban J connectivity index is 0.00000618. The average Bonchev–Trinajstić information content (AvgIpc) is 0.824. The molecule has 622 valence electrons. The van der Waals surface area contributed by atoms with Gasteiger partial charge in [-0.25, -0.2) is 4.57 Å². The van der Waals surface area contributed by atoms with Crippen molar-refractivity contribution in [3.05, 3.63) is 0 Å². The Bertz CT molecular complexity index is 2280. The normalized spacial score (nSPS) is 25.2. The number of phosphoric acid groups is 1. The first kappa shape index (κ1) is 101. The number of aliphatic hydroxyl groups is 9. The van der Waals surface area contributed by atoms with Crippen LogP contribution in [-0.2, 0) is 85.1 Å². The minimum absolute atomic E-state index is 0. The number of nitrogens with two attached hydrogens (primary N) is 1. The highest BCUT2D eigenvalue weighted by Gasteiger charge is 2.45. The maximum Gasteiger partial charge on any atom is 0.471 e. The van der Waals surface area contributed by atoms with Crippen LogP contribution in [0, 0.1) is 17.8 Å². The molecule has 8 amide bonds. The highest BCUT2D eigenvalue weighted by atomic mass is 31.2. The van der Waals surface area contributed by atoms with Gasteiger partial charge in [0.25, 0.3) is 0 Å². The van der Waals surface area contributed by atoms with E-state index in [1.165, 1.54) is 0 Å². The third-order valence-corrected chi connectivity index (χ3v) is 18.5. The molecule has 16 atom stereocenters. The smallest absolute Gasteiger partial charge is 0.394 e. The van der Waals surface area contributed by atoms with Crippen molar-refractivity contribution >= 4 is 55.1 Å². The van der Waals surface area contributed by atoms with Crippen LogP contribution < -0.4 is 48.3 Å². The summed E-state index contributed by atoms with van der Waals surface area (Å²) in [6.07, 6.45) is -9.00. The van der Waals surface area contributed by atoms with Gasteiger partial charge < -0.3 is 132 Å². The molecule has 0 aromatic carbocycles. The van der Waals surface area contributed by atoms with Gasteiger partial charge in [-0.3, -0.25) is 47.4 Å². The lowest BCUT2D eigenvalue weighted by Gasteiger charge is -2.40. The fraction of sp³-hybridized carbons (Fsp3) is 0.882. The summed E-state index contributed by atoms with van der Waals surface area (Å²) in [5.74, 6) is -5.06. The molecule has 0 saturated carbocycles. The van der Waals surface area contributed by atoms with E-state index in [-0.39, 0.29) is 174 Å². The molecule has 20 N–H and O–H groups in total. The van der Waals surface area contributed by atoms with E-state index in [4.69, 9.17) is 43.8 Å². The SMILES string of the molecule is C.CC.COCCCNC(=O)CCCC(=O)NC(CCC(=O)NCCCNC(=O)CCO[C@@H]1OC(CO)[C@H](O)[C@H](O)C1C)(CCC(=O)NCCCNC(=O)CCO[C@@H]1OC(CO)[C@H](O)[C@H](O)C1C)CCC(=O)NCCCNC(=O)CCO[C@@H]1OC(CO)[C@H](O)[C@H](O)C1C.COP(=O)(O)OCCCCCCN. The van der Waals surface area contributed by atoms with E-state index in [1.54, 1.807) is 27.9 Å². The average molecular weight is 1550 g/mol. The number of phosphoric ester groups is 1. The van der Waals surface area contributed by atoms with Crippen molar-refractivity contribution in [2.24, 2.45) is 23.5 Å². The van der Waals surface area contributed by atoms with Crippen molar-refractivity contribution in [1.29, 1.82) is 0 Å². The molecule has 0 bridgehead atoms. The number of unbranched alkanes of at least 4 members (excludes halogenated alkanes) is 3. The number of ether oxygens (including phenoxy) is 7. The van der Waals surface area contributed by atoms with Crippen LogP contribution >= 0.6 is 7.82 Å². The van der Waals surface area contributed by atoms with Gasteiger partial charge in [0.05, 0.1) is 83.8 Å². The van der Waals surface area contributed by atoms with Crippen molar-refractivity contribution in [3.8, 4) is 0 Å². The molecule has 3 saturated heterocycles. The summed E-state index contributed by atoms with van der Waals surface area (Å²) < 4.78 is 58.1. The van der Waals surface area contributed by atoms with Crippen LogP contribution in [0.15, 0.2) is 0 Å². The molecular weight excluding hydrogens is 1420 g/mol. The number of nitrogens with one attached hydrogen (secondary N) is 8. The molecule has 3 rings (SSSR count). The van der Waals surface area contributed by atoms with Crippen LogP contribution in [0.25, 0.3) is 0 Å². The third-order valence-electron chi connectivity index (χ3n) is 17.5. The Morgan fingerprint density at radius 3 is 1.02 bits per heavy atom. The summed E-state index contributed by atoms with van der Waals surface area (Å²) in [5.41, 5.74) is 3.98. The molecule has 37 nitrogen and oxygen atoms in total. The van der Waals surface area contributed by atoms with Gasteiger partial charge in [-0.1, -0.05) is 54.9 Å².